The van der Waals surface area contributed by atoms with Gasteiger partial charge in [0.15, 0.2) is 0 Å². The highest BCUT2D eigenvalue weighted by atomic mass is 79.9. The number of carbonyl (C=O) groups excluding carboxylic acids is 1. The van der Waals surface area contributed by atoms with Gasteiger partial charge in [0.1, 0.15) is 5.82 Å². The van der Waals surface area contributed by atoms with Crippen molar-refractivity contribution in [3.8, 4) is 6.07 Å². The fourth-order valence-corrected chi connectivity index (χ4v) is 1.66. The number of esters is 1. The van der Waals surface area contributed by atoms with Crippen LogP contribution in [0.2, 0.25) is 0 Å². The maximum atomic E-state index is 13.5. The van der Waals surface area contributed by atoms with Crippen LogP contribution < -0.4 is 0 Å². The summed E-state index contributed by atoms with van der Waals surface area (Å²) >= 11 is 3.14. The predicted molar refractivity (Wildman–Crippen MR) is 59.7 cm³/mol. The Kier molecular flexibility index (Phi) is 4.44. The quantitative estimate of drug-likeness (QED) is 0.634. The normalized spacial score (nSPS) is 9.62. The first-order chi connectivity index (χ1) is 7.63. The molecule has 0 aromatic heterocycles. The summed E-state index contributed by atoms with van der Waals surface area (Å²) in [4.78, 5) is 11.3. The van der Waals surface area contributed by atoms with Gasteiger partial charge in [0.2, 0.25) is 0 Å². The Hall–Kier alpha value is -1.41. The van der Waals surface area contributed by atoms with Crippen molar-refractivity contribution >= 4 is 21.9 Å². The SMILES string of the molecule is CCOC(=O)c1cc(C#N)c(CBr)cc1F. The summed E-state index contributed by atoms with van der Waals surface area (Å²) in [5, 5.41) is 9.19. The lowest BCUT2D eigenvalue weighted by atomic mass is 10.1. The molecular formula is C11H9BrFNO2. The lowest BCUT2D eigenvalue weighted by molar-refractivity contribution is 0.0521. The van der Waals surface area contributed by atoms with Gasteiger partial charge in [0.25, 0.3) is 0 Å². The zero-order chi connectivity index (χ0) is 12.1. The third-order valence-corrected chi connectivity index (χ3v) is 2.56. The number of nitrogens with zero attached hydrogens (tertiary/aromatic N) is 1. The van der Waals surface area contributed by atoms with Gasteiger partial charge < -0.3 is 4.74 Å². The molecule has 0 saturated carbocycles. The third kappa shape index (κ3) is 2.58. The van der Waals surface area contributed by atoms with Crippen LogP contribution in [0.15, 0.2) is 12.1 Å². The minimum absolute atomic E-state index is 0.167. The van der Waals surface area contributed by atoms with Crippen LogP contribution in [0.3, 0.4) is 0 Å². The monoisotopic (exact) mass is 285 g/mol. The zero-order valence-electron chi connectivity index (χ0n) is 8.59. The summed E-state index contributed by atoms with van der Waals surface area (Å²) in [6, 6.07) is 4.29. The van der Waals surface area contributed by atoms with Crippen LogP contribution in [-0.2, 0) is 10.1 Å². The second kappa shape index (κ2) is 5.61. The van der Waals surface area contributed by atoms with E-state index in [2.05, 4.69) is 20.7 Å². The predicted octanol–water partition coefficient (Wildman–Crippen LogP) is 2.77. The number of halogens is 2. The number of hydrogen-bond acceptors (Lipinski definition) is 3. The number of carbonyl (C=O) groups is 1. The molecule has 0 N–H and O–H groups in total. The molecule has 0 fully saturated rings. The van der Waals surface area contributed by atoms with E-state index in [0.29, 0.717) is 10.9 Å². The van der Waals surface area contributed by atoms with E-state index in [1.165, 1.54) is 12.1 Å². The minimum atomic E-state index is -0.752. The zero-order valence-corrected chi connectivity index (χ0v) is 10.2. The van der Waals surface area contributed by atoms with Gasteiger partial charge in [-0.05, 0) is 24.6 Å². The van der Waals surface area contributed by atoms with Crippen LogP contribution in [0.25, 0.3) is 0 Å². The molecule has 0 amide bonds. The number of benzene rings is 1. The molecule has 5 heteroatoms. The molecule has 1 aromatic carbocycles. The fourth-order valence-electron chi connectivity index (χ4n) is 1.19. The van der Waals surface area contributed by atoms with Gasteiger partial charge in [-0.15, -0.1) is 0 Å². The van der Waals surface area contributed by atoms with E-state index in [9.17, 15) is 9.18 Å². The van der Waals surface area contributed by atoms with Gasteiger partial charge in [-0.1, -0.05) is 15.9 Å². The molecule has 0 heterocycles. The first-order valence-electron chi connectivity index (χ1n) is 4.59. The summed E-state index contributed by atoms with van der Waals surface area (Å²) in [5.41, 5.74) is 0.567. The average Bonchev–Trinajstić information content (AvgIpc) is 2.28. The molecule has 16 heavy (non-hydrogen) atoms. The van der Waals surface area contributed by atoms with Crippen molar-refractivity contribution in [2.75, 3.05) is 6.61 Å². The van der Waals surface area contributed by atoms with Crippen LogP contribution in [0.4, 0.5) is 4.39 Å². The maximum absolute atomic E-state index is 13.5. The van der Waals surface area contributed by atoms with Gasteiger partial charge in [0, 0.05) is 5.33 Å². The van der Waals surface area contributed by atoms with E-state index in [1.807, 2.05) is 6.07 Å². The van der Waals surface area contributed by atoms with Crippen LogP contribution in [0.5, 0.6) is 0 Å². The maximum Gasteiger partial charge on any atom is 0.341 e. The molecule has 0 aliphatic rings. The highest BCUT2D eigenvalue weighted by Gasteiger charge is 2.16. The number of rotatable bonds is 3. The number of nitriles is 1. The van der Waals surface area contributed by atoms with E-state index in [1.54, 1.807) is 6.92 Å². The Morgan fingerprint density at radius 3 is 2.81 bits per heavy atom. The smallest absolute Gasteiger partial charge is 0.341 e. The molecule has 0 bridgehead atoms. The van der Waals surface area contributed by atoms with Gasteiger partial charge in [-0.25, -0.2) is 9.18 Å². The van der Waals surface area contributed by atoms with E-state index in [-0.39, 0.29) is 17.7 Å². The standard InChI is InChI=1S/C11H9BrFNO2/c1-2-16-11(15)9-3-8(6-14)7(5-12)4-10(9)13/h3-4H,2,5H2,1H3. The summed E-state index contributed by atoms with van der Waals surface area (Å²) in [5.74, 6) is -1.43. The van der Waals surface area contributed by atoms with Crippen molar-refractivity contribution in [3.05, 3.63) is 34.6 Å². The van der Waals surface area contributed by atoms with Crippen LogP contribution in [-0.4, -0.2) is 12.6 Å². The second-order valence-electron chi connectivity index (χ2n) is 2.96. The van der Waals surface area contributed by atoms with Gasteiger partial charge in [-0.3, -0.25) is 0 Å². The van der Waals surface area contributed by atoms with Gasteiger partial charge in [0.05, 0.1) is 23.8 Å². The Balaban J connectivity index is 3.22. The van der Waals surface area contributed by atoms with E-state index >= 15 is 0 Å². The molecule has 0 atom stereocenters. The molecule has 0 unspecified atom stereocenters. The summed E-state index contributed by atoms with van der Waals surface area (Å²) < 4.78 is 18.2. The largest absolute Gasteiger partial charge is 0.462 e. The Morgan fingerprint density at radius 2 is 2.31 bits per heavy atom. The molecule has 0 saturated heterocycles. The second-order valence-corrected chi connectivity index (χ2v) is 3.52. The van der Waals surface area contributed by atoms with Crippen molar-refractivity contribution in [2.45, 2.75) is 12.3 Å². The first-order valence-corrected chi connectivity index (χ1v) is 5.71. The third-order valence-electron chi connectivity index (χ3n) is 1.95. The van der Waals surface area contributed by atoms with E-state index in [4.69, 9.17) is 5.26 Å². The van der Waals surface area contributed by atoms with Crippen LogP contribution >= 0.6 is 15.9 Å². The molecule has 1 aromatic rings. The van der Waals surface area contributed by atoms with Crippen molar-refractivity contribution in [1.29, 1.82) is 5.26 Å². The summed E-state index contributed by atoms with van der Waals surface area (Å²) in [6.07, 6.45) is 0. The van der Waals surface area contributed by atoms with Crippen molar-refractivity contribution < 1.29 is 13.9 Å². The molecule has 0 spiro atoms. The Morgan fingerprint density at radius 1 is 1.62 bits per heavy atom. The van der Waals surface area contributed by atoms with E-state index < -0.39 is 11.8 Å². The highest BCUT2D eigenvalue weighted by Crippen LogP contribution is 2.18. The Labute approximate surface area is 101 Å². The molecular weight excluding hydrogens is 277 g/mol. The minimum Gasteiger partial charge on any atom is -0.462 e. The Bertz CT molecular complexity index is 454. The molecule has 0 aliphatic carbocycles. The lowest BCUT2D eigenvalue weighted by Crippen LogP contribution is -2.08. The topological polar surface area (TPSA) is 50.1 Å². The molecule has 0 aliphatic heterocycles. The van der Waals surface area contributed by atoms with Crippen molar-refractivity contribution in [1.82, 2.24) is 0 Å². The lowest BCUT2D eigenvalue weighted by Gasteiger charge is -2.06. The highest BCUT2D eigenvalue weighted by molar-refractivity contribution is 9.08. The van der Waals surface area contributed by atoms with Crippen LogP contribution in [0.1, 0.15) is 28.4 Å². The van der Waals surface area contributed by atoms with Crippen molar-refractivity contribution in [3.63, 3.8) is 0 Å². The van der Waals surface area contributed by atoms with Gasteiger partial charge >= 0.3 is 5.97 Å². The van der Waals surface area contributed by atoms with Gasteiger partial charge in [-0.2, -0.15) is 5.26 Å². The molecule has 0 radical (unpaired) electrons. The number of hydrogen-bond donors (Lipinski definition) is 0. The fraction of sp³-hybridized carbons (Fsp3) is 0.273. The molecule has 1 rings (SSSR count). The molecule has 3 nitrogen and oxygen atoms in total. The number of alkyl halides is 1. The van der Waals surface area contributed by atoms with E-state index in [0.717, 1.165) is 0 Å². The van der Waals surface area contributed by atoms with Crippen molar-refractivity contribution in [2.24, 2.45) is 0 Å². The number of ether oxygens (including phenoxy) is 1. The molecule has 84 valence electrons. The summed E-state index contributed by atoms with van der Waals surface area (Å²) in [7, 11) is 0. The summed E-state index contributed by atoms with van der Waals surface area (Å²) in [6.45, 7) is 1.80. The van der Waals surface area contributed by atoms with Crippen LogP contribution in [0, 0.1) is 17.1 Å². The first kappa shape index (κ1) is 12.7. The average molecular weight is 286 g/mol.